The Hall–Kier alpha value is -2.63. The van der Waals surface area contributed by atoms with Crippen molar-refractivity contribution in [1.29, 1.82) is 0 Å². The minimum absolute atomic E-state index is 0.0573. The molecule has 2 aliphatic rings. The lowest BCUT2D eigenvalue weighted by atomic mass is 10.2. The van der Waals surface area contributed by atoms with Gasteiger partial charge in [-0.15, -0.1) is 0 Å². The summed E-state index contributed by atoms with van der Waals surface area (Å²) in [5.74, 6) is -0.674. The van der Waals surface area contributed by atoms with Crippen LogP contribution < -0.4 is 19.5 Å². The first-order valence-corrected chi connectivity index (χ1v) is 9.18. The highest BCUT2D eigenvalue weighted by molar-refractivity contribution is 7.89. The van der Waals surface area contributed by atoms with Gasteiger partial charge < -0.3 is 19.9 Å². The third-order valence-corrected chi connectivity index (χ3v) is 5.26. The number of aliphatic hydroxyl groups excluding tert-OH is 1. The number of β-amino-alcohol motifs (C(OH)–C–C–N with tert-alkyl or cyclic N) is 1. The van der Waals surface area contributed by atoms with Crippen LogP contribution in [0.4, 0.5) is 5.69 Å². The van der Waals surface area contributed by atoms with E-state index in [-0.39, 0.29) is 41.8 Å². The quantitative estimate of drug-likeness (QED) is 0.534. The fourth-order valence-corrected chi connectivity index (χ4v) is 3.44. The van der Waals surface area contributed by atoms with E-state index in [1.165, 1.54) is 19.2 Å². The van der Waals surface area contributed by atoms with Gasteiger partial charge in [-0.1, -0.05) is 0 Å². The number of anilines is 1. The molecule has 0 fully saturated rings. The van der Waals surface area contributed by atoms with Crippen molar-refractivity contribution >= 4 is 27.5 Å². The van der Waals surface area contributed by atoms with Crippen LogP contribution in [0.25, 0.3) is 0 Å². The van der Waals surface area contributed by atoms with Crippen LogP contribution >= 0.6 is 0 Å². The molecule has 1 aromatic carbocycles. The van der Waals surface area contributed by atoms with E-state index in [1.54, 1.807) is 0 Å². The number of rotatable bonds is 6. The molecule has 2 amide bonds. The van der Waals surface area contributed by atoms with E-state index >= 15 is 0 Å². The highest BCUT2D eigenvalue weighted by Crippen LogP contribution is 2.38. The molecule has 11 heteroatoms. The van der Waals surface area contributed by atoms with Gasteiger partial charge in [-0.2, -0.15) is 0 Å². The van der Waals surface area contributed by atoms with Crippen molar-refractivity contribution in [1.82, 2.24) is 9.62 Å². The number of benzene rings is 1. The van der Waals surface area contributed by atoms with Gasteiger partial charge in [0.25, 0.3) is 11.8 Å². The molecule has 2 heterocycles. The summed E-state index contributed by atoms with van der Waals surface area (Å²) in [5, 5.41) is 11.6. The number of aliphatic hydroxyl groups is 1. The summed E-state index contributed by atoms with van der Waals surface area (Å²) in [4.78, 5) is 24.8. The third kappa shape index (κ3) is 3.23. The molecule has 0 aliphatic carbocycles. The van der Waals surface area contributed by atoms with Crippen molar-refractivity contribution in [3.05, 3.63) is 23.9 Å². The number of nitrogens with one attached hydrogen (secondary N) is 2. The van der Waals surface area contributed by atoms with Crippen molar-refractivity contribution in [2.45, 2.75) is 4.90 Å². The molecule has 0 spiro atoms. The molecule has 0 saturated carbocycles. The lowest BCUT2D eigenvalue weighted by Crippen LogP contribution is -2.34. The first kappa shape index (κ1) is 18.2. The minimum atomic E-state index is -3.88. The van der Waals surface area contributed by atoms with Gasteiger partial charge in [0.1, 0.15) is 23.8 Å². The standard InChI is InChI=1S/C15H17N3O7S/c1-16-26(22,23)13-8-12-11(24-4-5-25-12)6-9(13)17-10-7-14(20)18(2-3-19)15(10)21/h6-8,16-17,19H,2-5H2,1H3. The monoisotopic (exact) mass is 383 g/mol. The summed E-state index contributed by atoms with van der Waals surface area (Å²) in [6.07, 6.45) is 1.05. The predicted molar refractivity (Wildman–Crippen MR) is 89.2 cm³/mol. The normalized spacial score (nSPS) is 16.7. The second-order valence-electron chi connectivity index (χ2n) is 5.40. The maximum atomic E-state index is 12.3. The molecule has 0 saturated heterocycles. The molecule has 3 rings (SSSR count). The molecule has 0 atom stereocenters. The van der Waals surface area contributed by atoms with Crippen LogP contribution in [0.5, 0.6) is 11.5 Å². The summed E-state index contributed by atoms with van der Waals surface area (Å²) in [6, 6.07) is 2.68. The number of imide groups is 1. The summed E-state index contributed by atoms with van der Waals surface area (Å²) in [7, 11) is -2.63. The number of ether oxygens (including phenoxy) is 2. The highest BCUT2D eigenvalue weighted by atomic mass is 32.2. The summed E-state index contributed by atoms with van der Waals surface area (Å²) in [5.41, 5.74) is -0.0467. The molecule has 2 aliphatic heterocycles. The molecule has 0 radical (unpaired) electrons. The maximum Gasteiger partial charge on any atom is 0.277 e. The van der Waals surface area contributed by atoms with E-state index in [0.29, 0.717) is 12.4 Å². The predicted octanol–water partition coefficient (Wildman–Crippen LogP) is -0.977. The van der Waals surface area contributed by atoms with Crippen molar-refractivity contribution < 1.29 is 32.6 Å². The number of carbonyl (C=O) groups is 2. The molecule has 10 nitrogen and oxygen atoms in total. The zero-order chi connectivity index (χ0) is 18.9. The average Bonchev–Trinajstić information content (AvgIpc) is 2.89. The van der Waals surface area contributed by atoms with E-state index in [4.69, 9.17) is 14.6 Å². The lowest BCUT2D eigenvalue weighted by molar-refractivity contribution is -0.137. The number of hydrogen-bond acceptors (Lipinski definition) is 8. The Kier molecular flexibility index (Phi) is 4.85. The molecule has 3 N–H and O–H groups in total. The molecular weight excluding hydrogens is 366 g/mol. The van der Waals surface area contributed by atoms with Gasteiger partial charge in [0.2, 0.25) is 10.0 Å². The molecule has 0 aromatic heterocycles. The van der Waals surface area contributed by atoms with Crippen LogP contribution in [0.1, 0.15) is 0 Å². The zero-order valence-electron chi connectivity index (χ0n) is 13.8. The Bertz CT molecular complexity index is 895. The third-order valence-electron chi connectivity index (χ3n) is 3.80. The van der Waals surface area contributed by atoms with Gasteiger partial charge in [-0.05, 0) is 7.05 Å². The van der Waals surface area contributed by atoms with Crippen molar-refractivity contribution in [3.8, 4) is 11.5 Å². The summed E-state index contributed by atoms with van der Waals surface area (Å²) in [6.45, 7) is 0.0617. The number of carbonyl (C=O) groups excluding carboxylic acids is 2. The number of sulfonamides is 1. The molecule has 140 valence electrons. The van der Waals surface area contributed by atoms with E-state index in [1.807, 2.05) is 0 Å². The van der Waals surface area contributed by atoms with E-state index in [2.05, 4.69) is 10.0 Å². The van der Waals surface area contributed by atoms with Crippen LogP contribution in [0.3, 0.4) is 0 Å². The molecule has 0 bridgehead atoms. The second kappa shape index (κ2) is 6.94. The van der Waals surface area contributed by atoms with Crippen molar-refractivity contribution in [2.24, 2.45) is 0 Å². The maximum absolute atomic E-state index is 12.3. The Morgan fingerprint density at radius 1 is 1.19 bits per heavy atom. The van der Waals surface area contributed by atoms with Crippen LogP contribution in [-0.4, -0.2) is 63.7 Å². The summed E-state index contributed by atoms with van der Waals surface area (Å²) < 4.78 is 37.7. The fourth-order valence-electron chi connectivity index (χ4n) is 2.56. The first-order chi connectivity index (χ1) is 12.4. The SMILES string of the molecule is CNS(=O)(=O)c1cc2c(cc1NC1=CC(=O)N(CCO)C1=O)OCCO2. The Morgan fingerprint density at radius 3 is 2.46 bits per heavy atom. The average molecular weight is 383 g/mol. The van der Waals surface area contributed by atoms with Crippen LogP contribution in [0, 0.1) is 0 Å². The first-order valence-electron chi connectivity index (χ1n) is 7.70. The Morgan fingerprint density at radius 2 is 1.85 bits per heavy atom. The zero-order valence-corrected chi connectivity index (χ0v) is 14.6. The van der Waals surface area contributed by atoms with Crippen LogP contribution in [0.2, 0.25) is 0 Å². The van der Waals surface area contributed by atoms with E-state index in [9.17, 15) is 18.0 Å². The Balaban J connectivity index is 2.00. The van der Waals surface area contributed by atoms with E-state index < -0.39 is 21.8 Å². The number of fused-ring (bicyclic) bond motifs is 1. The van der Waals surface area contributed by atoms with Gasteiger partial charge in [0, 0.05) is 18.2 Å². The van der Waals surface area contributed by atoms with Gasteiger partial charge in [-0.25, -0.2) is 13.1 Å². The molecule has 0 unspecified atom stereocenters. The lowest BCUT2D eigenvalue weighted by Gasteiger charge is -2.21. The van der Waals surface area contributed by atoms with Crippen LogP contribution in [0.15, 0.2) is 28.8 Å². The van der Waals surface area contributed by atoms with Gasteiger partial charge >= 0.3 is 0 Å². The van der Waals surface area contributed by atoms with Crippen LogP contribution in [-0.2, 0) is 19.6 Å². The fraction of sp³-hybridized carbons (Fsp3) is 0.333. The Labute approximate surface area is 149 Å². The number of hydrogen-bond donors (Lipinski definition) is 3. The topological polar surface area (TPSA) is 134 Å². The second-order valence-corrected chi connectivity index (χ2v) is 7.26. The smallest absolute Gasteiger partial charge is 0.277 e. The highest BCUT2D eigenvalue weighted by Gasteiger charge is 2.32. The van der Waals surface area contributed by atoms with Crippen molar-refractivity contribution in [2.75, 3.05) is 38.7 Å². The van der Waals surface area contributed by atoms with Gasteiger partial charge in [-0.3, -0.25) is 14.5 Å². The largest absolute Gasteiger partial charge is 0.486 e. The minimum Gasteiger partial charge on any atom is -0.486 e. The number of amides is 2. The van der Waals surface area contributed by atoms with E-state index in [0.717, 1.165) is 11.0 Å². The van der Waals surface area contributed by atoms with Crippen molar-refractivity contribution in [3.63, 3.8) is 0 Å². The molecular formula is C15H17N3O7S. The van der Waals surface area contributed by atoms with Gasteiger partial charge in [0.15, 0.2) is 11.5 Å². The molecule has 26 heavy (non-hydrogen) atoms. The molecule has 1 aromatic rings. The number of nitrogens with zero attached hydrogens (tertiary/aromatic N) is 1. The van der Waals surface area contributed by atoms with Gasteiger partial charge in [0.05, 0.1) is 18.8 Å². The summed E-state index contributed by atoms with van der Waals surface area (Å²) >= 11 is 0.